The zero-order chi connectivity index (χ0) is 10.8. The third-order valence-corrected chi connectivity index (χ3v) is 3.18. The van der Waals surface area contributed by atoms with Crippen LogP contribution in [0.3, 0.4) is 0 Å². The van der Waals surface area contributed by atoms with Crippen LogP contribution in [0.4, 0.5) is 0 Å². The Balaban J connectivity index is 2.02. The molecule has 0 amide bonds. The van der Waals surface area contributed by atoms with Crippen molar-refractivity contribution in [3.05, 3.63) is 0 Å². The number of nitrogens with one attached hydrogen (secondary N) is 1. The van der Waals surface area contributed by atoms with Crippen LogP contribution >= 0.6 is 0 Å². The van der Waals surface area contributed by atoms with Crippen LogP contribution in [0.25, 0.3) is 0 Å². The van der Waals surface area contributed by atoms with E-state index in [-0.39, 0.29) is 29.6 Å². The van der Waals surface area contributed by atoms with Crippen molar-refractivity contribution in [3.63, 3.8) is 0 Å². The molecule has 0 radical (unpaired) electrons. The van der Waals surface area contributed by atoms with Gasteiger partial charge in [-0.3, -0.25) is 9.59 Å². The average molecular weight is 211 g/mol. The Morgan fingerprint density at radius 2 is 2.13 bits per heavy atom. The summed E-state index contributed by atoms with van der Waals surface area (Å²) < 4.78 is 5.41. The Hall–Kier alpha value is -0.740. The van der Waals surface area contributed by atoms with Crippen molar-refractivity contribution in [1.82, 2.24) is 5.32 Å². The van der Waals surface area contributed by atoms with Gasteiger partial charge in [0.2, 0.25) is 5.78 Å². The highest BCUT2D eigenvalue weighted by Gasteiger charge is 2.37. The van der Waals surface area contributed by atoms with E-state index in [0.717, 1.165) is 12.8 Å². The monoisotopic (exact) mass is 211 g/mol. The molecule has 15 heavy (non-hydrogen) atoms. The summed E-state index contributed by atoms with van der Waals surface area (Å²) in [5.74, 6) is -0.559. The van der Waals surface area contributed by atoms with Gasteiger partial charge < -0.3 is 10.1 Å². The summed E-state index contributed by atoms with van der Waals surface area (Å²) in [5, 5.41) is 3.34. The molecule has 1 saturated carbocycles. The van der Waals surface area contributed by atoms with E-state index in [1.807, 2.05) is 6.92 Å². The number of carbonyl (C=O) groups is 2. The van der Waals surface area contributed by atoms with Gasteiger partial charge in [0.05, 0.1) is 13.2 Å². The second-order valence-electron chi connectivity index (χ2n) is 4.50. The molecule has 1 saturated heterocycles. The Morgan fingerprint density at radius 1 is 1.33 bits per heavy atom. The van der Waals surface area contributed by atoms with Crippen LogP contribution in [-0.2, 0) is 14.3 Å². The van der Waals surface area contributed by atoms with Crippen molar-refractivity contribution in [2.75, 3.05) is 13.2 Å². The van der Waals surface area contributed by atoms with Gasteiger partial charge in [0.25, 0.3) is 0 Å². The molecule has 0 spiro atoms. The maximum Gasteiger partial charge on any atom is 0.203 e. The van der Waals surface area contributed by atoms with Crippen LogP contribution in [0.2, 0.25) is 0 Å². The summed E-state index contributed by atoms with van der Waals surface area (Å²) in [6.07, 6.45) is 2.08. The lowest BCUT2D eigenvalue weighted by Gasteiger charge is -2.35. The van der Waals surface area contributed by atoms with E-state index in [9.17, 15) is 9.59 Å². The summed E-state index contributed by atoms with van der Waals surface area (Å²) in [6.45, 7) is 3.26. The molecule has 4 nitrogen and oxygen atoms in total. The Morgan fingerprint density at radius 3 is 2.87 bits per heavy atom. The van der Waals surface area contributed by atoms with Crippen molar-refractivity contribution >= 4 is 11.6 Å². The molecule has 2 fully saturated rings. The van der Waals surface area contributed by atoms with Gasteiger partial charge in [-0.15, -0.1) is 0 Å². The summed E-state index contributed by atoms with van der Waals surface area (Å²) in [5.41, 5.74) is 0. The first kappa shape index (κ1) is 10.8. The van der Waals surface area contributed by atoms with Gasteiger partial charge in [-0.2, -0.15) is 0 Å². The van der Waals surface area contributed by atoms with Gasteiger partial charge in [-0.25, -0.2) is 0 Å². The standard InChI is InChI=1S/C11H17NO3/c1-7-5-15-6-9(12-7)8-3-2-4-10(13)11(8)14/h7-9,12H,2-6H2,1H3. The van der Waals surface area contributed by atoms with Gasteiger partial charge in [-0.05, 0) is 19.8 Å². The van der Waals surface area contributed by atoms with Gasteiger partial charge in [-0.1, -0.05) is 0 Å². The van der Waals surface area contributed by atoms with Crippen LogP contribution in [0.5, 0.6) is 0 Å². The van der Waals surface area contributed by atoms with Crippen LogP contribution in [0, 0.1) is 5.92 Å². The molecule has 1 aliphatic heterocycles. The van der Waals surface area contributed by atoms with E-state index < -0.39 is 0 Å². The van der Waals surface area contributed by atoms with Crippen LogP contribution < -0.4 is 5.32 Å². The number of hydrogen-bond donors (Lipinski definition) is 1. The molecule has 1 heterocycles. The number of Topliss-reactive ketones (excluding diaryl/α,β-unsaturated/α-hetero) is 2. The second kappa shape index (κ2) is 4.41. The highest BCUT2D eigenvalue weighted by molar-refractivity contribution is 6.38. The zero-order valence-electron chi connectivity index (χ0n) is 8.99. The third-order valence-electron chi connectivity index (χ3n) is 3.18. The number of ether oxygens (including phenoxy) is 1. The molecular formula is C11H17NO3. The van der Waals surface area contributed by atoms with Crippen LogP contribution in [0.1, 0.15) is 26.2 Å². The molecule has 1 N–H and O–H groups in total. The fourth-order valence-corrected chi connectivity index (χ4v) is 2.39. The predicted molar refractivity (Wildman–Crippen MR) is 54.6 cm³/mol. The summed E-state index contributed by atoms with van der Waals surface area (Å²) >= 11 is 0. The second-order valence-corrected chi connectivity index (χ2v) is 4.50. The van der Waals surface area contributed by atoms with E-state index in [0.29, 0.717) is 19.6 Å². The molecule has 2 rings (SSSR count). The van der Waals surface area contributed by atoms with Crippen molar-refractivity contribution < 1.29 is 14.3 Å². The summed E-state index contributed by atoms with van der Waals surface area (Å²) in [6, 6.07) is 0.305. The van der Waals surface area contributed by atoms with Gasteiger partial charge in [0.1, 0.15) is 0 Å². The van der Waals surface area contributed by atoms with Crippen molar-refractivity contribution in [2.45, 2.75) is 38.3 Å². The normalized spacial score (nSPS) is 38.1. The zero-order valence-corrected chi connectivity index (χ0v) is 8.99. The van der Waals surface area contributed by atoms with Crippen LogP contribution in [0.15, 0.2) is 0 Å². The van der Waals surface area contributed by atoms with Crippen LogP contribution in [-0.4, -0.2) is 36.9 Å². The van der Waals surface area contributed by atoms with E-state index >= 15 is 0 Å². The molecule has 4 heteroatoms. The number of ketones is 2. The molecule has 0 bridgehead atoms. The van der Waals surface area contributed by atoms with Gasteiger partial charge in [0.15, 0.2) is 5.78 Å². The lowest BCUT2D eigenvalue weighted by molar-refractivity contribution is -0.142. The molecule has 1 aliphatic carbocycles. The van der Waals surface area contributed by atoms with Crippen molar-refractivity contribution in [1.29, 1.82) is 0 Å². The van der Waals surface area contributed by atoms with E-state index in [2.05, 4.69) is 5.32 Å². The molecule has 2 aliphatic rings. The van der Waals surface area contributed by atoms with Crippen molar-refractivity contribution in [3.8, 4) is 0 Å². The molecular weight excluding hydrogens is 194 g/mol. The summed E-state index contributed by atoms with van der Waals surface area (Å²) in [7, 11) is 0. The molecule has 0 aromatic heterocycles. The lowest BCUT2D eigenvalue weighted by Crippen LogP contribution is -2.54. The smallest absolute Gasteiger partial charge is 0.203 e. The fourth-order valence-electron chi connectivity index (χ4n) is 2.39. The Kier molecular flexibility index (Phi) is 3.17. The minimum absolute atomic E-state index is 0.0329. The van der Waals surface area contributed by atoms with E-state index in [4.69, 9.17) is 4.74 Å². The molecule has 0 aromatic carbocycles. The quantitative estimate of drug-likeness (QED) is 0.634. The van der Waals surface area contributed by atoms with E-state index in [1.165, 1.54) is 0 Å². The number of hydrogen-bond acceptors (Lipinski definition) is 4. The minimum atomic E-state index is -0.203. The first-order chi connectivity index (χ1) is 7.18. The average Bonchev–Trinajstić information content (AvgIpc) is 2.22. The minimum Gasteiger partial charge on any atom is -0.378 e. The maximum absolute atomic E-state index is 11.7. The van der Waals surface area contributed by atoms with Crippen molar-refractivity contribution in [2.24, 2.45) is 5.92 Å². The third kappa shape index (κ3) is 2.26. The van der Waals surface area contributed by atoms with Gasteiger partial charge in [0, 0.05) is 24.4 Å². The molecule has 0 aromatic rings. The Bertz CT molecular complexity index is 277. The SMILES string of the molecule is CC1COCC(C2CCCC(=O)C2=O)N1. The molecule has 3 unspecified atom stereocenters. The van der Waals surface area contributed by atoms with E-state index in [1.54, 1.807) is 0 Å². The first-order valence-electron chi connectivity index (χ1n) is 5.59. The highest BCUT2D eigenvalue weighted by atomic mass is 16.5. The number of rotatable bonds is 1. The topological polar surface area (TPSA) is 55.4 Å². The van der Waals surface area contributed by atoms with Gasteiger partial charge >= 0.3 is 0 Å². The highest BCUT2D eigenvalue weighted by Crippen LogP contribution is 2.23. The summed E-state index contributed by atoms with van der Waals surface area (Å²) in [4.78, 5) is 23.0. The fraction of sp³-hybridized carbons (Fsp3) is 0.818. The first-order valence-corrected chi connectivity index (χ1v) is 5.59. The number of morpholine rings is 1. The predicted octanol–water partition coefficient (Wildman–Crippen LogP) is 0.302. The molecule has 84 valence electrons. The molecule has 3 atom stereocenters. The largest absolute Gasteiger partial charge is 0.378 e. The Labute approximate surface area is 89.4 Å². The maximum atomic E-state index is 11.7. The lowest BCUT2D eigenvalue weighted by atomic mass is 9.81. The number of carbonyl (C=O) groups excluding carboxylic acids is 2.